The molecule has 0 spiro atoms. The Morgan fingerprint density at radius 1 is 1.43 bits per heavy atom. The van der Waals surface area contributed by atoms with Crippen LogP contribution in [0.15, 0.2) is 22.7 Å². The highest BCUT2D eigenvalue weighted by Gasteiger charge is 2.12. The van der Waals surface area contributed by atoms with Gasteiger partial charge < -0.3 is 5.73 Å². The number of fused-ring (bicyclic) bond motifs is 1. The molecule has 2 aromatic rings. The van der Waals surface area contributed by atoms with Crippen LogP contribution in [0.2, 0.25) is 0 Å². The first-order valence-electron chi connectivity index (χ1n) is 3.71. The Kier molecular flexibility index (Phi) is 2.16. The van der Waals surface area contributed by atoms with Crippen LogP contribution in [0, 0.1) is 10.1 Å². The smallest absolute Gasteiger partial charge is 0.325 e. The third-order valence-electron chi connectivity index (χ3n) is 1.80. The second-order valence-corrected chi connectivity index (χ2v) is 4.67. The highest BCUT2D eigenvalue weighted by atomic mass is 79.9. The summed E-state index contributed by atoms with van der Waals surface area (Å²) in [5.41, 5.74) is 6.25. The van der Waals surface area contributed by atoms with Crippen LogP contribution in [-0.2, 0) is 0 Å². The van der Waals surface area contributed by atoms with Gasteiger partial charge in [-0.25, -0.2) is 0 Å². The van der Waals surface area contributed by atoms with E-state index in [0.717, 1.165) is 25.9 Å². The van der Waals surface area contributed by atoms with Crippen LogP contribution < -0.4 is 5.73 Å². The summed E-state index contributed by atoms with van der Waals surface area (Å²) in [6, 6.07) is 5.05. The van der Waals surface area contributed by atoms with Gasteiger partial charge in [-0.1, -0.05) is 11.3 Å². The molecule has 14 heavy (non-hydrogen) atoms. The lowest BCUT2D eigenvalue weighted by molar-refractivity contribution is -0.380. The van der Waals surface area contributed by atoms with Gasteiger partial charge in [-0.05, 0) is 28.1 Å². The molecule has 1 aromatic heterocycles. The van der Waals surface area contributed by atoms with Crippen molar-refractivity contribution < 1.29 is 4.92 Å². The average molecular weight is 273 g/mol. The van der Waals surface area contributed by atoms with Gasteiger partial charge in [0.05, 0.1) is 4.92 Å². The summed E-state index contributed by atoms with van der Waals surface area (Å²) < 4.78 is 1.62. The van der Waals surface area contributed by atoms with Gasteiger partial charge in [0.15, 0.2) is 0 Å². The Labute approximate surface area is 91.6 Å². The first-order chi connectivity index (χ1) is 6.58. The normalized spacial score (nSPS) is 10.6. The Morgan fingerprint density at radius 2 is 2.14 bits per heavy atom. The van der Waals surface area contributed by atoms with E-state index in [0.29, 0.717) is 5.69 Å². The van der Waals surface area contributed by atoms with Crippen molar-refractivity contribution >= 4 is 48.0 Å². The summed E-state index contributed by atoms with van der Waals surface area (Å²) >= 11 is 4.42. The van der Waals surface area contributed by atoms with Crippen LogP contribution in [0.1, 0.15) is 0 Å². The number of nitrogen functional groups attached to an aromatic ring is 1. The summed E-state index contributed by atoms with van der Waals surface area (Å²) in [6.07, 6.45) is 0. The molecule has 0 atom stereocenters. The van der Waals surface area contributed by atoms with Crippen molar-refractivity contribution in [3.8, 4) is 0 Å². The molecule has 0 aliphatic rings. The van der Waals surface area contributed by atoms with E-state index in [1.54, 1.807) is 12.1 Å². The maximum Gasteiger partial charge on any atom is 0.325 e. The highest BCUT2D eigenvalue weighted by molar-refractivity contribution is 9.10. The van der Waals surface area contributed by atoms with E-state index in [9.17, 15) is 10.1 Å². The zero-order valence-corrected chi connectivity index (χ0v) is 9.26. The molecule has 0 bridgehead atoms. The summed E-state index contributed by atoms with van der Waals surface area (Å²) in [7, 11) is 0. The van der Waals surface area contributed by atoms with Crippen molar-refractivity contribution in [3.05, 3.63) is 32.8 Å². The summed E-state index contributed by atoms with van der Waals surface area (Å²) in [5, 5.41) is 11.5. The van der Waals surface area contributed by atoms with Gasteiger partial charge in [-0.15, -0.1) is 0 Å². The van der Waals surface area contributed by atoms with Crippen molar-refractivity contribution in [1.82, 2.24) is 0 Å². The van der Waals surface area contributed by atoms with Crippen molar-refractivity contribution in [1.29, 1.82) is 0 Å². The first-order valence-corrected chi connectivity index (χ1v) is 5.32. The van der Waals surface area contributed by atoms with Gasteiger partial charge in [0.25, 0.3) is 0 Å². The lowest BCUT2D eigenvalue weighted by Gasteiger charge is -1.95. The zero-order valence-electron chi connectivity index (χ0n) is 6.86. The molecular weight excluding hydrogens is 268 g/mol. The third kappa shape index (κ3) is 1.46. The molecule has 0 saturated heterocycles. The van der Waals surface area contributed by atoms with E-state index in [-0.39, 0.29) is 5.00 Å². The second-order valence-electron chi connectivity index (χ2n) is 2.75. The number of thiophene rings is 1. The minimum absolute atomic E-state index is 0.137. The number of rotatable bonds is 1. The fourth-order valence-electron chi connectivity index (χ4n) is 1.16. The molecule has 6 heteroatoms. The molecule has 0 radical (unpaired) electrons. The van der Waals surface area contributed by atoms with Gasteiger partial charge in [0.1, 0.15) is 0 Å². The molecule has 0 fully saturated rings. The number of anilines is 1. The first kappa shape index (κ1) is 9.42. The van der Waals surface area contributed by atoms with Crippen molar-refractivity contribution in [2.45, 2.75) is 0 Å². The molecule has 0 amide bonds. The molecular formula is C8H5BrN2O2S. The number of nitrogens with zero attached hydrogens (tertiary/aromatic N) is 1. The number of hydrogen-bond donors (Lipinski definition) is 1. The molecule has 1 aromatic carbocycles. The molecule has 0 unspecified atom stereocenters. The maximum absolute atomic E-state index is 10.5. The van der Waals surface area contributed by atoms with E-state index in [1.165, 1.54) is 6.07 Å². The molecule has 0 aliphatic heterocycles. The number of nitrogens with two attached hydrogens (primary N) is 1. The quantitative estimate of drug-likeness (QED) is 0.493. The van der Waals surface area contributed by atoms with Gasteiger partial charge in [-0.3, -0.25) is 10.1 Å². The second kappa shape index (κ2) is 3.21. The molecule has 0 aliphatic carbocycles. The van der Waals surface area contributed by atoms with Crippen molar-refractivity contribution in [2.24, 2.45) is 0 Å². The Hall–Kier alpha value is -1.14. The topological polar surface area (TPSA) is 69.2 Å². The number of benzene rings is 1. The number of halogens is 1. The van der Waals surface area contributed by atoms with Crippen LogP contribution in [-0.4, -0.2) is 4.92 Å². The van der Waals surface area contributed by atoms with Crippen LogP contribution in [0.5, 0.6) is 0 Å². The predicted molar refractivity (Wildman–Crippen MR) is 60.6 cm³/mol. The average Bonchev–Trinajstić information content (AvgIpc) is 2.48. The molecule has 72 valence electrons. The molecule has 2 rings (SSSR count). The minimum Gasteiger partial charge on any atom is -0.398 e. The van der Waals surface area contributed by atoms with Crippen LogP contribution in [0.4, 0.5) is 10.7 Å². The van der Waals surface area contributed by atoms with Gasteiger partial charge in [-0.2, -0.15) is 0 Å². The Bertz CT molecular complexity index is 484. The maximum atomic E-state index is 10.5. The summed E-state index contributed by atoms with van der Waals surface area (Å²) in [4.78, 5) is 10.1. The lowest BCUT2D eigenvalue weighted by Crippen LogP contribution is -1.84. The zero-order chi connectivity index (χ0) is 10.3. The molecule has 0 saturated carbocycles. The van der Waals surface area contributed by atoms with Crippen LogP contribution >= 0.6 is 27.3 Å². The highest BCUT2D eigenvalue weighted by Crippen LogP contribution is 2.35. The third-order valence-corrected chi connectivity index (χ3v) is 3.54. The lowest BCUT2D eigenvalue weighted by atomic mass is 10.2. The van der Waals surface area contributed by atoms with Crippen LogP contribution in [0.25, 0.3) is 10.1 Å². The van der Waals surface area contributed by atoms with E-state index >= 15 is 0 Å². The van der Waals surface area contributed by atoms with Gasteiger partial charge >= 0.3 is 5.00 Å². The largest absolute Gasteiger partial charge is 0.398 e. The fourth-order valence-corrected chi connectivity index (χ4v) is 2.55. The fraction of sp³-hybridized carbons (Fsp3) is 0. The van der Waals surface area contributed by atoms with Gasteiger partial charge in [0.2, 0.25) is 0 Å². The SMILES string of the molecule is Nc1cc2cc([N+](=O)[O-])sc2cc1Br. The Balaban J connectivity index is 2.72. The number of hydrogen-bond acceptors (Lipinski definition) is 4. The van der Waals surface area contributed by atoms with Crippen molar-refractivity contribution in [2.75, 3.05) is 5.73 Å². The van der Waals surface area contributed by atoms with E-state index in [4.69, 9.17) is 5.73 Å². The minimum atomic E-state index is -0.394. The van der Waals surface area contributed by atoms with Crippen LogP contribution in [0.3, 0.4) is 0 Å². The van der Waals surface area contributed by atoms with Gasteiger partial charge in [0, 0.05) is 26.3 Å². The van der Waals surface area contributed by atoms with Crippen molar-refractivity contribution in [3.63, 3.8) is 0 Å². The standard InChI is InChI=1S/C8H5BrN2O2S/c9-5-3-7-4(1-6(5)10)2-8(14-7)11(12)13/h1-3H,10H2. The van der Waals surface area contributed by atoms with E-state index in [2.05, 4.69) is 15.9 Å². The summed E-state index contributed by atoms with van der Waals surface area (Å²) in [5.74, 6) is 0. The number of nitro groups is 1. The summed E-state index contributed by atoms with van der Waals surface area (Å²) in [6.45, 7) is 0. The van der Waals surface area contributed by atoms with E-state index < -0.39 is 4.92 Å². The molecule has 2 N–H and O–H groups in total. The molecule has 4 nitrogen and oxygen atoms in total. The predicted octanol–water partition coefficient (Wildman–Crippen LogP) is 3.15. The monoisotopic (exact) mass is 272 g/mol. The Morgan fingerprint density at radius 3 is 2.79 bits per heavy atom. The molecule has 1 heterocycles. The van der Waals surface area contributed by atoms with E-state index in [1.807, 2.05) is 0 Å².